The number of benzene rings is 3. The van der Waals surface area contributed by atoms with Gasteiger partial charge in [-0.2, -0.15) is 11.2 Å². The van der Waals surface area contributed by atoms with Crippen LogP contribution in [-0.2, 0) is 26.5 Å². The summed E-state index contributed by atoms with van der Waals surface area (Å²) < 4.78 is 11.1. The van der Waals surface area contributed by atoms with Gasteiger partial charge in [-0.1, -0.05) is 112 Å². The average Bonchev–Trinajstić information content (AvgIpc) is 3.62. The Kier molecular flexibility index (Phi) is 12.0. The number of aromatic nitrogens is 4. The van der Waals surface area contributed by atoms with Gasteiger partial charge in [-0.15, -0.1) is 41.3 Å². The van der Waals surface area contributed by atoms with Crippen LogP contribution in [0.4, 0.5) is 0 Å². The van der Waals surface area contributed by atoms with Gasteiger partial charge in [-0.25, -0.2) is 4.98 Å². The second kappa shape index (κ2) is 16.1. The van der Waals surface area contributed by atoms with Crippen LogP contribution in [0.25, 0.3) is 33.3 Å². The Morgan fingerprint density at radius 1 is 0.804 bits per heavy atom. The van der Waals surface area contributed by atoms with Gasteiger partial charge in [0.05, 0.1) is 5.69 Å². The molecule has 0 aliphatic heterocycles. The standard InChI is InChI=1S/C50H60N4O.Pt/c1-29(2)35-20-21-51-47(24-35)53-45-17-15-14-16-41(45)42-19-18-39(28-46(42)53)55-40-26-37(50(11,12)13)25-38(27-40)54-34(10)48(33(9)52-54)49-43(31(5)6)22-36(30(3)4)23-44(49)32(7)8;/h14-22,24-26,29-32,36,44,49H,23H2,1-13H3;/q-2;+2/t36-,44+,49?;/m0./s1. The zero-order valence-electron chi connectivity index (χ0n) is 35.7. The van der Waals surface area contributed by atoms with Gasteiger partial charge in [0.2, 0.25) is 0 Å². The van der Waals surface area contributed by atoms with E-state index in [9.17, 15) is 0 Å². The molecule has 296 valence electrons. The maximum atomic E-state index is 6.76. The third-order valence-electron chi connectivity index (χ3n) is 12.1. The molecule has 3 aromatic heterocycles. The van der Waals surface area contributed by atoms with Crippen molar-refractivity contribution in [3.8, 4) is 23.0 Å². The molecule has 3 heterocycles. The normalized spacial score (nSPS) is 17.7. The maximum absolute atomic E-state index is 6.76. The summed E-state index contributed by atoms with van der Waals surface area (Å²) in [6.07, 6.45) is 5.74. The van der Waals surface area contributed by atoms with Gasteiger partial charge in [0.15, 0.2) is 0 Å². The van der Waals surface area contributed by atoms with Crippen LogP contribution >= 0.6 is 0 Å². The van der Waals surface area contributed by atoms with Gasteiger partial charge in [0, 0.05) is 40.4 Å². The number of hydrogen-bond acceptors (Lipinski definition) is 3. The zero-order valence-corrected chi connectivity index (χ0v) is 38.0. The van der Waals surface area contributed by atoms with Crippen LogP contribution in [0.1, 0.15) is 122 Å². The van der Waals surface area contributed by atoms with Gasteiger partial charge in [0.25, 0.3) is 0 Å². The minimum absolute atomic E-state index is 0. The van der Waals surface area contributed by atoms with Crippen molar-refractivity contribution in [3.05, 3.63) is 119 Å². The summed E-state index contributed by atoms with van der Waals surface area (Å²) in [4.78, 5) is 4.84. The molecule has 1 unspecified atom stereocenters. The fourth-order valence-electron chi connectivity index (χ4n) is 8.85. The first-order chi connectivity index (χ1) is 26.0. The van der Waals surface area contributed by atoms with Crippen molar-refractivity contribution in [2.24, 2.45) is 29.6 Å². The second-order valence-electron chi connectivity index (χ2n) is 18.4. The van der Waals surface area contributed by atoms with E-state index in [1.807, 2.05) is 12.3 Å². The van der Waals surface area contributed by atoms with Crippen molar-refractivity contribution in [1.82, 2.24) is 19.3 Å². The maximum Gasteiger partial charge on any atom is 2.00 e. The number of aryl methyl sites for hydroxylation is 1. The molecule has 7 rings (SSSR count). The van der Waals surface area contributed by atoms with Gasteiger partial charge in [0.1, 0.15) is 5.82 Å². The van der Waals surface area contributed by atoms with E-state index in [0.717, 1.165) is 44.6 Å². The molecule has 6 aromatic rings. The van der Waals surface area contributed by atoms with Gasteiger partial charge in [-0.05, 0) is 96.0 Å². The quantitative estimate of drug-likeness (QED) is 0.107. The van der Waals surface area contributed by atoms with Crippen LogP contribution in [0, 0.1) is 55.6 Å². The van der Waals surface area contributed by atoms with E-state index >= 15 is 0 Å². The third kappa shape index (κ3) is 7.82. The molecule has 0 N–H and O–H groups in total. The van der Waals surface area contributed by atoms with E-state index < -0.39 is 0 Å². The number of ether oxygens (including phenoxy) is 1. The number of allylic oxidation sites excluding steroid dienone is 2. The number of rotatable bonds is 9. The van der Waals surface area contributed by atoms with Crippen molar-refractivity contribution in [2.45, 2.75) is 114 Å². The van der Waals surface area contributed by atoms with E-state index in [1.165, 1.54) is 23.2 Å². The van der Waals surface area contributed by atoms with E-state index in [0.29, 0.717) is 52.9 Å². The Labute approximate surface area is 350 Å². The molecular formula is C50H60N4OPt. The molecule has 0 saturated carbocycles. The summed E-state index contributed by atoms with van der Waals surface area (Å²) in [7, 11) is 0. The molecule has 0 spiro atoms. The molecule has 3 aromatic carbocycles. The van der Waals surface area contributed by atoms with E-state index in [4.69, 9.17) is 14.8 Å². The Morgan fingerprint density at radius 2 is 1.54 bits per heavy atom. The van der Waals surface area contributed by atoms with Crippen LogP contribution < -0.4 is 4.74 Å². The average molecular weight is 928 g/mol. The summed E-state index contributed by atoms with van der Waals surface area (Å²) in [5.41, 5.74) is 10.4. The number of para-hydroxylation sites is 1. The SMILES string of the molecule is Cc1nn(-c2[c-]c(Oc3[c-]c4c(cc3)c3ccccc3n4-c3cc(C(C)C)ccn3)cc(C(C)(C)C)c2)c(C)c1C1C(C(C)C)=C[C@H](C(C)C)C[C@@H]1C(C)C.[Pt+2]. The molecule has 1 aliphatic rings. The van der Waals surface area contributed by atoms with Crippen molar-refractivity contribution < 1.29 is 25.8 Å². The molecule has 0 fully saturated rings. The molecular weight excluding hydrogens is 868 g/mol. The summed E-state index contributed by atoms with van der Waals surface area (Å²) in [6.45, 7) is 29.9. The van der Waals surface area contributed by atoms with Crippen molar-refractivity contribution in [1.29, 1.82) is 0 Å². The first-order valence-electron chi connectivity index (χ1n) is 20.5. The monoisotopic (exact) mass is 927 g/mol. The van der Waals surface area contributed by atoms with Crippen molar-refractivity contribution in [2.75, 3.05) is 0 Å². The minimum Gasteiger partial charge on any atom is -0.509 e. The smallest absolute Gasteiger partial charge is 0.509 e. The van der Waals surface area contributed by atoms with Crippen molar-refractivity contribution in [3.63, 3.8) is 0 Å². The molecule has 56 heavy (non-hydrogen) atoms. The topological polar surface area (TPSA) is 44.9 Å². The number of pyridine rings is 1. The largest absolute Gasteiger partial charge is 2.00 e. The summed E-state index contributed by atoms with van der Waals surface area (Å²) in [6, 6.07) is 28.6. The van der Waals surface area contributed by atoms with Crippen LogP contribution in [0.3, 0.4) is 0 Å². The predicted octanol–water partition coefficient (Wildman–Crippen LogP) is 13.4. The van der Waals surface area contributed by atoms with E-state index in [2.05, 4.69) is 172 Å². The first kappa shape index (κ1) is 41.7. The predicted molar refractivity (Wildman–Crippen MR) is 229 cm³/mol. The van der Waals surface area contributed by atoms with Gasteiger partial charge >= 0.3 is 21.1 Å². The van der Waals surface area contributed by atoms with Crippen LogP contribution in [0.2, 0.25) is 0 Å². The van der Waals surface area contributed by atoms with Crippen LogP contribution in [0.15, 0.2) is 78.5 Å². The summed E-state index contributed by atoms with van der Waals surface area (Å²) in [5, 5.41) is 7.55. The number of nitrogens with zero attached hydrogens (tertiary/aromatic N) is 4. The Morgan fingerprint density at radius 3 is 2.20 bits per heavy atom. The number of hydrogen-bond donors (Lipinski definition) is 0. The summed E-state index contributed by atoms with van der Waals surface area (Å²) >= 11 is 0. The Hall–Kier alpha value is -3.95. The number of fused-ring (bicyclic) bond motifs is 3. The fraction of sp³-hybridized carbons (Fsp3) is 0.440. The fourth-order valence-corrected chi connectivity index (χ4v) is 8.85. The Bertz CT molecular complexity index is 2380. The zero-order chi connectivity index (χ0) is 39.5. The summed E-state index contributed by atoms with van der Waals surface area (Å²) in [5.74, 6) is 5.70. The molecule has 6 heteroatoms. The molecule has 0 amide bonds. The molecule has 3 atom stereocenters. The molecule has 0 saturated heterocycles. The first-order valence-corrected chi connectivity index (χ1v) is 20.5. The molecule has 5 nitrogen and oxygen atoms in total. The molecule has 0 bridgehead atoms. The second-order valence-corrected chi connectivity index (χ2v) is 18.4. The van der Waals surface area contributed by atoms with Crippen LogP contribution in [0.5, 0.6) is 11.5 Å². The van der Waals surface area contributed by atoms with Gasteiger partial charge in [-0.3, -0.25) is 4.68 Å². The van der Waals surface area contributed by atoms with Crippen LogP contribution in [-0.4, -0.2) is 19.3 Å². The molecule has 1 aliphatic carbocycles. The molecule has 0 radical (unpaired) electrons. The minimum atomic E-state index is -0.125. The Balaban J connectivity index is 0.00000532. The van der Waals surface area contributed by atoms with Crippen molar-refractivity contribution >= 4 is 21.8 Å². The van der Waals surface area contributed by atoms with Gasteiger partial charge < -0.3 is 9.30 Å². The third-order valence-corrected chi connectivity index (χ3v) is 12.1. The van der Waals surface area contributed by atoms with E-state index in [1.54, 1.807) is 5.57 Å². The van der Waals surface area contributed by atoms with E-state index in [-0.39, 0.29) is 26.5 Å².